The molecular formula is C23H23ClFN3O2. The van der Waals surface area contributed by atoms with Crippen molar-refractivity contribution in [1.82, 2.24) is 9.80 Å². The Morgan fingerprint density at radius 1 is 1.00 bits per heavy atom. The van der Waals surface area contributed by atoms with E-state index in [2.05, 4.69) is 15.1 Å². The highest BCUT2D eigenvalue weighted by Crippen LogP contribution is 2.20. The first-order valence-corrected chi connectivity index (χ1v) is 10.3. The van der Waals surface area contributed by atoms with Crippen molar-refractivity contribution in [1.29, 1.82) is 0 Å². The summed E-state index contributed by atoms with van der Waals surface area (Å²) in [5.41, 5.74) is 2.11. The number of carbonyl (C=O) groups excluding carboxylic acids is 1. The molecule has 5 nitrogen and oxygen atoms in total. The molecule has 0 saturated carbocycles. The fourth-order valence-electron chi connectivity index (χ4n) is 3.55. The number of anilines is 1. The van der Waals surface area contributed by atoms with Gasteiger partial charge in [0.15, 0.2) is 0 Å². The largest absolute Gasteiger partial charge is 0.468 e. The molecule has 1 aliphatic rings. The maximum Gasteiger partial charge on any atom is 0.257 e. The summed E-state index contributed by atoms with van der Waals surface area (Å²) < 4.78 is 18.6. The molecule has 0 bridgehead atoms. The molecule has 4 rings (SSSR count). The number of halogens is 2. The smallest absolute Gasteiger partial charge is 0.257 e. The fourth-order valence-corrected chi connectivity index (χ4v) is 3.81. The van der Waals surface area contributed by atoms with Crippen LogP contribution in [0.4, 0.5) is 10.1 Å². The molecule has 0 unspecified atom stereocenters. The van der Waals surface area contributed by atoms with Crippen molar-refractivity contribution in [3.63, 3.8) is 0 Å². The molecule has 7 heteroatoms. The Kier molecular flexibility index (Phi) is 6.47. The minimum absolute atomic E-state index is 0.0929. The summed E-state index contributed by atoms with van der Waals surface area (Å²) in [5.74, 6) is 0.172. The minimum atomic E-state index is -0.470. The quantitative estimate of drug-likeness (QED) is 0.622. The molecular weight excluding hydrogens is 405 g/mol. The van der Waals surface area contributed by atoms with Crippen LogP contribution in [0.25, 0.3) is 0 Å². The monoisotopic (exact) mass is 427 g/mol. The van der Waals surface area contributed by atoms with Gasteiger partial charge in [-0.15, -0.1) is 0 Å². The number of furan rings is 1. The van der Waals surface area contributed by atoms with Crippen LogP contribution in [0.3, 0.4) is 0 Å². The second-order valence-corrected chi connectivity index (χ2v) is 7.81. The predicted molar refractivity (Wildman–Crippen MR) is 115 cm³/mol. The second-order valence-electron chi connectivity index (χ2n) is 7.41. The van der Waals surface area contributed by atoms with E-state index in [1.807, 2.05) is 36.4 Å². The van der Waals surface area contributed by atoms with Crippen molar-refractivity contribution < 1.29 is 13.6 Å². The van der Waals surface area contributed by atoms with Crippen LogP contribution in [-0.2, 0) is 13.1 Å². The van der Waals surface area contributed by atoms with Crippen molar-refractivity contribution in [3.8, 4) is 0 Å². The molecule has 156 valence electrons. The highest BCUT2D eigenvalue weighted by molar-refractivity contribution is 6.34. The second kappa shape index (κ2) is 9.43. The van der Waals surface area contributed by atoms with Crippen LogP contribution in [0, 0.1) is 5.82 Å². The summed E-state index contributed by atoms with van der Waals surface area (Å²) in [5, 5.41) is 2.89. The van der Waals surface area contributed by atoms with E-state index in [0.717, 1.165) is 51.1 Å². The lowest BCUT2D eigenvalue weighted by Crippen LogP contribution is -2.45. The van der Waals surface area contributed by atoms with Crippen molar-refractivity contribution in [3.05, 3.63) is 88.6 Å². The van der Waals surface area contributed by atoms with E-state index < -0.39 is 5.82 Å². The maximum atomic E-state index is 13.2. The van der Waals surface area contributed by atoms with Gasteiger partial charge in [-0.3, -0.25) is 14.6 Å². The van der Waals surface area contributed by atoms with Gasteiger partial charge >= 0.3 is 0 Å². The molecule has 1 N–H and O–H groups in total. The lowest BCUT2D eigenvalue weighted by atomic mass is 10.1. The number of hydrogen-bond acceptors (Lipinski definition) is 4. The molecule has 0 spiro atoms. The number of nitrogens with one attached hydrogen (secondary N) is 1. The van der Waals surface area contributed by atoms with Gasteiger partial charge in [0, 0.05) is 38.4 Å². The third kappa shape index (κ3) is 5.27. The first-order valence-electron chi connectivity index (χ1n) is 9.89. The average molecular weight is 428 g/mol. The van der Waals surface area contributed by atoms with E-state index >= 15 is 0 Å². The van der Waals surface area contributed by atoms with Crippen LogP contribution in [0.15, 0.2) is 65.3 Å². The molecule has 1 aliphatic heterocycles. The number of benzene rings is 2. The van der Waals surface area contributed by atoms with Crippen LogP contribution in [0.5, 0.6) is 0 Å². The van der Waals surface area contributed by atoms with Crippen LogP contribution in [0.1, 0.15) is 21.7 Å². The molecule has 1 aromatic heterocycles. The Bertz CT molecular complexity index is 984. The summed E-state index contributed by atoms with van der Waals surface area (Å²) in [6, 6.07) is 15.4. The first-order chi connectivity index (χ1) is 14.6. The van der Waals surface area contributed by atoms with E-state index in [1.54, 1.807) is 6.26 Å². The van der Waals surface area contributed by atoms with Gasteiger partial charge in [0.05, 0.1) is 23.4 Å². The van der Waals surface area contributed by atoms with Gasteiger partial charge in [-0.2, -0.15) is 0 Å². The average Bonchev–Trinajstić information content (AvgIpc) is 3.24. The number of piperazine rings is 1. The van der Waals surface area contributed by atoms with E-state index in [1.165, 1.54) is 17.7 Å². The van der Waals surface area contributed by atoms with Crippen molar-refractivity contribution in [2.45, 2.75) is 13.1 Å². The van der Waals surface area contributed by atoms with Crippen LogP contribution in [-0.4, -0.2) is 41.9 Å². The highest BCUT2D eigenvalue weighted by Gasteiger charge is 2.18. The summed E-state index contributed by atoms with van der Waals surface area (Å²) in [7, 11) is 0. The molecule has 30 heavy (non-hydrogen) atoms. The van der Waals surface area contributed by atoms with E-state index in [9.17, 15) is 9.18 Å². The van der Waals surface area contributed by atoms with Gasteiger partial charge in [-0.05, 0) is 48.0 Å². The summed E-state index contributed by atoms with van der Waals surface area (Å²) in [6.07, 6.45) is 1.71. The van der Waals surface area contributed by atoms with E-state index in [0.29, 0.717) is 5.69 Å². The molecule has 1 saturated heterocycles. The van der Waals surface area contributed by atoms with E-state index in [4.69, 9.17) is 16.0 Å². The molecule has 0 aliphatic carbocycles. The van der Waals surface area contributed by atoms with Crippen molar-refractivity contribution in [2.24, 2.45) is 0 Å². The first kappa shape index (κ1) is 20.6. The zero-order chi connectivity index (χ0) is 20.9. The summed E-state index contributed by atoms with van der Waals surface area (Å²) >= 11 is 5.96. The Morgan fingerprint density at radius 3 is 2.33 bits per heavy atom. The Hall–Kier alpha value is -2.67. The Morgan fingerprint density at radius 2 is 1.70 bits per heavy atom. The van der Waals surface area contributed by atoms with Gasteiger partial charge in [0.2, 0.25) is 0 Å². The van der Waals surface area contributed by atoms with E-state index in [-0.39, 0.29) is 16.5 Å². The lowest BCUT2D eigenvalue weighted by Gasteiger charge is -2.34. The molecule has 3 aromatic rings. The van der Waals surface area contributed by atoms with Crippen molar-refractivity contribution >= 4 is 23.2 Å². The van der Waals surface area contributed by atoms with Gasteiger partial charge in [0.1, 0.15) is 11.6 Å². The number of rotatable bonds is 6. The molecule has 0 atom stereocenters. The lowest BCUT2D eigenvalue weighted by molar-refractivity contribution is 0.102. The normalized spacial score (nSPS) is 15.3. The van der Waals surface area contributed by atoms with Crippen LogP contribution >= 0.6 is 11.6 Å². The predicted octanol–water partition coefficient (Wildman–Crippen LogP) is 4.64. The molecule has 1 fully saturated rings. The topological polar surface area (TPSA) is 48.7 Å². The standard InChI is InChI=1S/C23H23ClFN3O2/c24-22-14-18(25)5-8-21(22)23(29)26-19-6-3-17(4-7-19)15-27-9-11-28(12-10-27)16-20-2-1-13-30-20/h1-8,13-14H,9-12,15-16H2,(H,26,29). The zero-order valence-corrected chi connectivity index (χ0v) is 17.2. The summed E-state index contributed by atoms with van der Waals surface area (Å²) in [6.45, 7) is 5.74. The van der Waals surface area contributed by atoms with Gasteiger partial charge < -0.3 is 9.73 Å². The fraction of sp³-hybridized carbons (Fsp3) is 0.261. The van der Waals surface area contributed by atoms with Gasteiger partial charge in [-0.1, -0.05) is 23.7 Å². The molecule has 2 aromatic carbocycles. The number of carbonyl (C=O) groups is 1. The Balaban J connectivity index is 1.27. The number of amides is 1. The summed E-state index contributed by atoms with van der Waals surface area (Å²) in [4.78, 5) is 17.2. The number of hydrogen-bond donors (Lipinski definition) is 1. The minimum Gasteiger partial charge on any atom is -0.468 e. The molecule has 2 heterocycles. The Labute approximate surface area is 180 Å². The zero-order valence-electron chi connectivity index (χ0n) is 16.5. The third-order valence-electron chi connectivity index (χ3n) is 5.22. The van der Waals surface area contributed by atoms with Crippen molar-refractivity contribution in [2.75, 3.05) is 31.5 Å². The molecule has 1 amide bonds. The van der Waals surface area contributed by atoms with Crippen LogP contribution < -0.4 is 5.32 Å². The third-order valence-corrected chi connectivity index (χ3v) is 5.53. The van der Waals surface area contributed by atoms with Crippen LogP contribution in [0.2, 0.25) is 5.02 Å². The number of nitrogens with zero attached hydrogens (tertiary/aromatic N) is 2. The molecule has 0 radical (unpaired) electrons. The highest BCUT2D eigenvalue weighted by atomic mass is 35.5. The van der Waals surface area contributed by atoms with Gasteiger partial charge in [-0.25, -0.2) is 4.39 Å². The SMILES string of the molecule is O=C(Nc1ccc(CN2CCN(Cc3ccco3)CC2)cc1)c1ccc(F)cc1Cl. The maximum absolute atomic E-state index is 13.2. The van der Waals surface area contributed by atoms with Gasteiger partial charge in [0.25, 0.3) is 5.91 Å².